The molecule has 0 aliphatic carbocycles. The number of halogens is 1. The summed E-state index contributed by atoms with van der Waals surface area (Å²) in [6, 6.07) is 4.92. The van der Waals surface area contributed by atoms with E-state index in [1.807, 2.05) is 6.92 Å². The largest absolute Gasteiger partial charge is 0.493 e. The fraction of sp³-hybridized carbons (Fsp3) is 0.533. The molecular formula is C15H20FNO5S. The summed E-state index contributed by atoms with van der Waals surface area (Å²) in [6.45, 7) is 1.75. The number of likely N-dealkylation sites (tertiary alicyclic amines) is 1. The van der Waals surface area contributed by atoms with Gasteiger partial charge in [0.25, 0.3) is 0 Å². The second-order valence-corrected chi connectivity index (χ2v) is 7.00. The number of nitrogens with zero attached hydrogens (tertiary/aromatic N) is 1. The molecule has 0 spiro atoms. The fourth-order valence-electron chi connectivity index (χ4n) is 2.88. The lowest BCUT2D eigenvalue weighted by Crippen LogP contribution is -2.31. The highest BCUT2D eigenvalue weighted by molar-refractivity contribution is 7.87. The number of hydrogen-bond donors (Lipinski definition) is 0. The quantitative estimate of drug-likeness (QED) is 0.738. The van der Waals surface area contributed by atoms with E-state index in [1.165, 1.54) is 19.1 Å². The lowest BCUT2D eigenvalue weighted by atomic mass is 10.0. The van der Waals surface area contributed by atoms with Gasteiger partial charge in [-0.1, -0.05) is 13.0 Å². The van der Waals surface area contributed by atoms with Crippen LogP contribution in [0.1, 0.15) is 31.4 Å². The predicted octanol–water partition coefficient (Wildman–Crippen LogP) is 2.06. The first-order valence-electron chi connectivity index (χ1n) is 7.26. The number of ether oxygens (including phenoxy) is 2. The summed E-state index contributed by atoms with van der Waals surface area (Å²) >= 11 is 0. The lowest BCUT2D eigenvalue weighted by Gasteiger charge is -2.28. The van der Waals surface area contributed by atoms with Crippen molar-refractivity contribution >= 4 is 16.1 Å². The van der Waals surface area contributed by atoms with Gasteiger partial charge >= 0.3 is 10.2 Å². The molecule has 23 heavy (non-hydrogen) atoms. The van der Waals surface area contributed by atoms with Crippen molar-refractivity contribution in [2.45, 2.75) is 31.1 Å². The number of methoxy groups -OCH3 is 2. The van der Waals surface area contributed by atoms with Crippen LogP contribution >= 0.6 is 0 Å². The van der Waals surface area contributed by atoms with E-state index in [2.05, 4.69) is 0 Å². The second kappa shape index (κ2) is 6.74. The number of hydrogen-bond acceptors (Lipinski definition) is 5. The summed E-state index contributed by atoms with van der Waals surface area (Å²) in [5.41, 5.74) is 0.787. The zero-order valence-corrected chi connectivity index (χ0v) is 14.1. The van der Waals surface area contributed by atoms with Crippen LogP contribution in [0.15, 0.2) is 18.2 Å². The molecule has 0 radical (unpaired) electrons. The van der Waals surface area contributed by atoms with Gasteiger partial charge in [-0.15, -0.1) is 3.89 Å². The molecule has 1 aromatic rings. The number of amides is 1. The third-order valence-corrected chi connectivity index (χ3v) is 5.19. The van der Waals surface area contributed by atoms with Crippen molar-refractivity contribution in [3.63, 3.8) is 0 Å². The zero-order valence-electron chi connectivity index (χ0n) is 13.3. The van der Waals surface area contributed by atoms with Gasteiger partial charge in [-0.2, -0.15) is 8.42 Å². The minimum absolute atomic E-state index is 0.134. The van der Waals surface area contributed by atoms with E-state index >= 15 is 0 Å². The average Bonchev–Trinajstić information content (AvgIpc) is 2.90. The van der Waals surface area contributed by atoms with Crippen molar-refractivity contribution in [3.8, 4) is 11.5 Å². The average molecular weight is 345 g/mol. The minimum atomic E-state index is -4.72. The Bertz CT molecular complexity index is 691. The van der Waals surface area contributed by atoms with Gasteiger partial charge in [-0.05, 0) is 24.1 Å². The highest BCUT2D eigenvalue weighted by atomic mass is 32.3. The topological polar surface area (TPSA) is 72.9 Å². The predicted molar refractivity (Wildman–Crippen MR) is 82.7 cm³/mol. The van der Waals surface area contributed by atoms with E-state index < -0.39 is 15.5 Å². The molecule has 1 fully saturated rings. The Labute approximate surface area is 135 Å². The Morgan fingerprint density at radius 3 is 2.43 bits per heavy atom. The van der Waals surface area contributed by atoms with Crippen molar-refractivity contribution in [2.75, 3.05) is 20.8 Å². The molecule has 1 heterocycles. The van der Waals surface area contributed by atoms with Crippen molar-refractivity contribution in [1.82, 2.24) is 4.90 Å². The third kappa shape index (κ3) is 3.57. The van der Waals surface area contributed by atoms with E-state index in [4.69, 9.17) is 9.47 Å². The maximum Gasteiger partial charge on any atom is 0.307 e. The Hall–Kier alpha value is -1.83. The molecule has 1 saturated heterocycles. The number of rotatable bonds is 6. The maximum atomic E-state index is 13.2. The summed E-state index contributed by atoms with van der Waals surface area (Å²) < 4.78 is 45.8. The summed E-state index contributed by atoms with van der Waals surface area (Å²) in [5.74, 6) is 0.714. The van der Waals surface area contributed by atoms with Gasteiger partial charge in [0.2, 0.25) is 5.91 Å². The molecule has 6 nitrogen and oxygen atoms in total. The maximum absolute atomic E-state index is 13.2. The zero-order chi connectivity index (χ0) is 17.2. The molecule has 1 aliphatic heterocycles. The molecule has 0 saturated carbocycles. The Morgan fingerprint density at radius 1 is 1.30 bits per heavy atom. The molecule has 2 rings (SSSR count). The fourth-order valence-corrected chi connectivity index (χ4v) is 3.56. The van der Waals surface area contributed by atoms with Crippen LogP contribution < -0.4 is 9.47 Å². The standard InChI is InChI=1S/C15H20FNO5S/c1-4-12(10-5-6-13(21-2)14(7-10)22-3)17-9-11(8-15(17)18)23(16,19)20/h5-7,11-12H,4,8-9H2,1-3H3. The molecule has 2 unspecified atom stereocenters. The summed E-state index contributed by atoms with van der Waals surface area (Å²) in [7, 11) is -1.69. The number of carbonyl (C=O) groups excluding carboxylic acids is 1. The molecule has 128 valence electrons. The molecule has 0 N–H and O–H groups in total. The van der Waals surface area contributed by atoms with Gasteiger partial charge in [0.05, 0.1) is 20.3 Å². The lowest BCUT2D eigenvalue weighted by molar-refractivity contribution is -0.129. The second-order valence-electron chi connectivity index (χ2n) is 5.39. The van der Waals surface area contributed by atoms with Crippen LogP contribution in [0.5, 0.6) is 11.5 Å². The third-order valence-electron chi connectivity index (χ3n) is 4.08. The minimum Gasteiger partial charge on any atom is -0.493 e. The van der Waals surface area contributed by atoms with E-state index in [1.54, 1.807) is 18.2 Å². The molecule has 0 bridgehead atoms. The van der Waals surface area contributed by atoms with E-state index in [-0.39, 0.29) is 24.9 Å². The summed E-state index contributed by atoms with van der Waals surface area (Å²) in [4.78, 5) is 13.5. The molecular weight excluding hydrogens is 325 g/mol. The van der Waals surface area contributed by atoms with Gasteiger partial charge < -0.3 is 14.4 Å². The summed E-state index contributed by atoms with van der Waals surface area (Å²) in [6.07, 6.45) is 0.253. The van der Waals surface area contributed by atoms with Crippen molar-refractivity contribution in [1.29, 1.82) is 0 Å². The molecule has 1 aromatic carbocycles. The first-order chi connectivity index (χ1) is 10.8. The van der Waals surface area contributed by atoms with E-state index in [9.17, 15) is 17.1 Å². The summed E-state index contributed by atoms with van der Waals surface area (Å²) in [5, 5.41) is -1.29. The van der Waals surface area contributed by atoms with Crippen LogP contribution in [-0.4, -0.2) is 45.2 Å². The highest BCUT2D eigenvalue weighted by Gasteiger charge is 2.41. The smallest absolute Gasteiger partial charge is 0.307 e. The first kappa shape index (κ1) is 17.5. The van der Waals surface area contributed by atoms with E-state index in [0.29, 0.717) is 17.9 Å². The van der Waals surface area contributed by atoms with Crippen LogP contribution in [-0.2, 0) is 15.0 Å². The van der Waals surface area contributed by atoms with Gasteiger partial charge in [0.1, 0.15) is 5.25 Å². The number of benzene rings is 1. The van der Waals surface area contributed by atoms with Gasteiger partial charge in [-0.25, -0.2) is 0 Å². The molecule has 1 aliphatic rings. The Balaban J connectivity index is 2.32. The Morgan fingerprint density at radius 2 is 1.96 bits per heavy atom. The molecule has 0 aromatic heterocycles. The molecule has 2 atom stereocenters. The van der Waals surface area contributed by atoms with Crippen LogP contribution in [0.2, 0.25) is 0 Å². The van der Waals surface area contributed by atoms with Gasteiger partial charge in [-0.3, -0.25) is 4.79 Å². The van der Waals surface area contributed by atoms with Gasteiger partial charge in [0, 0.05) is 13.0 Å². The van der Waals surface area contributed by atoms with Crippen molar-refractivity contribution < 1.29 is 26.6 Å². The van der Waals surface area contributed by atoms with Crippen LogP contribution in [0.3, 0.4) is 0 Å². The normalized spacial score (nSPS) is 19.7. The Kier molecular flexibility index (Phi) is 5.13. The number of carbonyl (C=O) groups is 1. The van der Waals surface area contributed by atoms with Crippen LogP contribution in [0.4, 0.5) is 3.89 Å². The highest BCUT2D eigenvalue weighted by Crippen LogP contribution is 2.36. The van der Waals surface area contributed by atoms with Crippen molar-refractivity contribution in [2.24, 2.45) is 0 Å². The SMILES string of the molecule is CCC(c1ccc(OC)c(OC)c1)N1CC(S(=O)(=O)F)CC1=O. The van der Waals surface area contributed by atoms with Gasteiger partial charge in [0.15, 0.2) is 11.5 Å². The van der Waals surface area contributed by atoms with Crippen LogP contribution in [0, 0.1) is 0 Å². The monoisotopic (exact) mass is 345 g/mol. The molecule has 8 heteroatoms. The first-order valence-corrected chi connectivity index (χ1v) is 8.71. The van der Waals surface area contributed by atoms with Crippen molar-refractivity contribution in [3.05, 3.63) is 23.8 Å². The molecule has 1 amide bonds. The van der Waals surface area contributed by atoms with Crippen LogP contribution in [0.25, 0.3) is 0 Å². The van der Waals surface area contributed by atoms with E-state index in [0.717, 1.165) is 5.56 Å².